The molecule has 3 rings (SSSR count). The molecule has 2 aromatic rings. The van der Waals surface area contributed by atoms with Crippen LogP contribution in [0.5, 0.6) is 23.0 Å². The first kappa shape index (κ1) is 29.7. The van der Waals surface area contributed by atoms with Gasteiger partial charge in [0, 0.05) is 18.9 Å². The normalized spacial score (nSPS) is 23.2. The van der Waals surface area contributed by atoms with Gasteiger partial charge in [-0.25, -0.2) is 4.79 Å². The van der Waals surface area contributed by atoms with Gasteiger partial charge in [-0.3, -0.25) is 4.79 Å². The minimum atomic E-state index is -1.84. The van der Waals surface area contributed by atoms with E-state index in [2.05, 4.69) is 0 Å². The number of rotatable bonds is 12. The van der Waals surface area contributed by atoms with E-state index < -0.39 is 36.7 Å². The molecule has 1 aliphatic rings. The molecular formula is C27H32O12. The number of carboxylic acids is 1. The summed E-state index contributed by atoms with van der Waals surface area (Å²) >= 11 is 0. The van der Waals surface area contributed by atoms with Crippen molar-refractivity contribution >= 4 is 11.8 Å². The highest BCUT2D eigenvalue weighted by atomic mass is 16.7. The van der Waals surface area contributed by atoms with Gasteiger partial charge in [-0.15, -0.1) is 0 Å². The second-order valence-corrected chi connectivity index (χ2v) is 8.95. The lowest BCUT2D eigenvalue weighted by Crippen LogP contribution is -2.61. The van der Waals surface area contributed by atoms with Crippen molar-refractivity contribution in [2.45, 2.75) is 56.4 Å². The Balaban J connectivity index is 1.57. The molecule has 1 heterocycles. The zero-order valence-electron chi connectivity index (χ0n) is 21.4. The summed E-state index contributed by atoms with van der Waals surface area (Å²) in [5, 5.41) is 59.0. The lowest BCUT2D eigenvalue weighted by atomic mass is 9.99. The summed E-state index contributed by atoms with van der Waals surface area (Å²) in [5.41, 5.74) is 1.52. The number of methoxy groups -OCH3 is 2. The molecule has 212 valence electrons. The Kier molecular flexibility index (Phi) is 10.1. The smallest absolute Gasteiger partial charge is 0.335 e. The van der Waals surface area contributed by atoms with Crippen LogP contribution in [0, 0.1) is 0 Å². The van der Waals surface area contributed by atoms with E-state index in [1.807, 2.05) is 0 Å². The summed E-state index contributed by atoms with van der Waals surface area (Å²) in [4.78, 5) is 23.6. The third-order valence-electron chi connectivity index (χ3n) is 6.19. The third-order valence-corrected chi connectivity index (χ3v) is 6.19. The third kappa shape index (κ3) is 7.60. The van der Waals surface area contributed by atoms with Gasteiger partial charge in [0.1, 0.15) is 18.3 Å². The average molecular weight is 549 g/mol. The number of aryl methyl sites for hydroxylation is 2. The number of hydrogen-bond acceptors (Lipinski definition) is 11. The van der Waals surface area contributed by atoms with Gasteiger partial charge < -0.3 is 49.6 Å². The van der Waals surface area contributed by atoms with E-state index in [1.165, 1.54) is 32.4 Å². The number of aliphatic hydroxyl groups is 4. The van der Waals surface area contributed by atoms with E-state index in [4.69, 9.17) is 18.9 Å². The number of carbonyl (C=O) groups excluding carboxylic acids is 1. The van der Waals surface area contributed by atoms with Crippen molar-refractivity contribution in [2.24, 2.45) is 0 Å². The highest BCUT2D eigenvalue weighted by Gasteiger charge is 2.48. The predicted molar refractivity (Wildman–Crippen MR) is 135 cm³/mol. The summed E-state index contributed by atoms with van der Waals surface area (Å²) < 4.78 is 21.0. The van der Waals surface area contributed by atoms with E-state index in [9.17, 15) is 40.2 Å². The van der Waals surface area contributed by atoms with Crippen molar-refractivity contribution in [1.82, 2.24) is 0 Å². The topological polar surface area (TPSA) is 192 Å². The number of allylic oxidation sites excluding steroid dienone is 2. The van der Waals surface area contributed by atoms with Gasteiger partial charge in [0.15, 0.2) is 34.9 Å². The van der Waals surface area contributed by atoms with Crippen LogP contribution in [-0.2, 0) is 27.2 Å². The summed E-state index contributed by atoms with van der Waals surface area (Å²) in [6.45, 7) is 0. The largest absolute Gasteiger partial charge is 0.512 e. The zero-order valence-corrected chi connectivity index (χ0v) is 21.4. The Labute approximate surface area is 224 Å². The first-order valence-corrected chi connectivity index (χ1v) is 12.1. The molecule has 2 aromatic carbocycles. The quantitative estimate of drug-likeness (QED) is 0.165. The van der Waals surface area contributed by atoms with E-state index in [0.29, 0.717) is 24.2 Å². The summed E-state index contributed by atoms with van der Waals surface area (Å²) in [6, 6.07) is 9.53. The van der Waals surface area contributed by atoms with Crippen LogP contribution < -0.4 is 14.2 Å². The molecule has 12 heteroatoms. The number of benzene rings is 2. The summed E-state index contributed by atoms with van der Waals surface area (Å²) in [5.74, 6) is -1.29. The fraction of sp³-hybridized carbons (Fsp3) is 0.407. The fourth-order valence-electron chi connectivity index (χ4n) is 3.99. The Hall–Kier alpha value is -3.84. The van der Waals surface area contributed by atoms with Gasteiger partial charge in [-0.1, -0.05) is 12.1 Å². The molecule has 1 saturated heterocycles. The Bertz CT molecular complexity index is 1190. The maximum Gasteiger partial charge on any atom is 0.335 e. The maximum absolute atomic E-state index is 12.3. The van der Waals surface area contributed by atoms with Gasteiger partial charge in [-0.2, -0.15) is 0 Å². The molecule has 0 saturated carbocycles. The van der Waals surface area contributed by atoms with Crippen LogP contribution in [0.1, 0.15) is 24.0 Å². The van der Waals surface area contributed by atoms with Gasteiger partial charge in [0.25, 0.3) is 0 Å². The minimum Gasteiger partial charge on any atom is -0.512 e. The van der Waals surface area contributed by atoms with Crippen LogP contribution in [0.4, 0.5) is 0 Å². The molecule has 0 aromatic heterocycles. The standard InChI is InChI=1S/C27H32O12/c1-36-20-11-14(5-9-18(20)30)3-7-16(28)13-17(29)8-4-15-6-10-19(21(12-15)37-2)38-27-24(33)22(31)23(32)25(39-27)26(34)35/h5-6,9-13,22-25,27,29-33H,3-4,7-8H2,1-2H3,(H,34,35)/t22-,23-,24+,25-,27?/m0/s1. The number of hydrogen-bond donors (Lipinski definition) is 6. The second-order valence-electron chi connectivity index (χ2n) is 8.95. The molecule has 0 aliphatic carbocycles. The Morgan fingerprint density at radius 2 is 1.46 bits per heavy atom. The number of aliphatic hydroxyl groups excluding tert-OH is 4. The van der Waals surface area contributed by atoms with Crippen molar-refractivity contribution in [3.8, 4) is 23.0 Å². The molecule has 0 amide bonds. The number of phenolic OH excluding ortho intramolecular Hbond substituents is 1. The fourth-order valence-corrected chi connectivity index (χ4v) is 3.99. The molecule has 39 heavy (non-hydrogen) atoms. The molecule has 6 N–H and O–H groups in total. The van der Waals surface area contributed by atoms with Crippen molar-refractivity contribution in [1.29, 1.82) is 0 Å². The average Bonchev–Trinajstić information content (AvgIpc) is 2.91. The van der Waals surface area contributed by atoms with Gasteiger partial charge in [0.2, 0.25) is 6.29 Å². The number of aliphatic carboxylic acids is 1. The highest BCUT2D eigenvalue weighted by molar-refractivity contribution is 5.90. The SMILES string of the molecule is COc1cc(CCC(=O)C=C(O)CCc2ccc(OC3O[C@H](C(=O)O)[C@@H](O)[C@H](O)[C@H]3O)c(OC)c2)ccc1O. The molecular weight excluding hydrogens is 516 g/mol. The van der Waals surface area contributed by atoms with Crippen LogP contribution in [0.25, 0.3) is 0 Å². The van der Waals surface area contributed by atoms with E-state index in [-0.39, 0.29) is 41.6 Å². The summed E-state index contributed by atoms with van der Waals surface area (Å²) in [6.07, 6.45) is -6.54. The second kappa shape index (κ2) is 13.3. The highest BCUT2D eigenvalue weighted by Crippen LogP contribution is 2.32. The first-order valence-electron chi connectivity index (χ1n) is 12.1. The molecule has 0 radical (unpaired) electrons. The van der Waals surface area contributed by atoms with Crippen molar-refractivity contribution in [2.75, 3.05) is 14.2 Å². The number of aromatic hydroxyl groups is 1. The molecule has 12 nitrogen and oxygen atoms in total. The number of carboxylic acid groups (broad SMARTS) is 1. The van der Waals surface area contributed by atoms with Gasteiger partial charge in [-0.05, 0) is 48.2 Å². The number of ether oxygens (including phenoxy) is 4. The van der Waals surface area contributed by atoms with Crippen molar-refractivity contribution < 1.29 is 59.2 Å². The molecule has 5 atom stereocenters. The van der Waals surface area contributed by atoms with Gasteiger partial charge >= 0.3 is 5.97 Å². The first-order chi connectivity index (χ1) is 18.5. The minimum absolute atomic E-state index is 0.00622. The molecule has 1 unspecified atom stereocenters. The van der Waals surface area contributed by atoms with Crippen molar-refractivity contribution in [3.05, 3.63) is 59.4 Å². The van der Waals surface area contributed by atoms with E-state index in [1.54, 1.807) is 24.3 Å². The molecule has 1 fully saturated rings. The molecule has 0 bridgehead atoms. The van der Waals surface area contributed by atoms with Crippen LogP contribution >= 0.6 is 0 Å². The van der Waals surface area contributed by atoms with Gasteiger partial charge in [0.05, 0.1) is 20.0 Å². The lowest BCUT2D eigenvalue weighted by Gasteiger charge is -2.38. The van der Waals surface area contributed by atoms with E-state index in [0.717, 1.165) is 5.56 Å². The number of phenols is 1. The monoisotopic (exact) mass is 548 g/mol. The number of carbonyl (C=O) groups is 2. The summed E-state index contributed by atoms with van der Waals surface area (Å²) in [7, 11) is 2.80. The maximum atomic E-state index is 12.3. The lowest BCUT2D eigenvalue weighted by molar-refractivity contribution is -0.271. The molecule has 1 aliphatic heterocycles. The van der Waals surface area contributed by atoms with Crippen LogP contribution in [0.3, 0.4) is 0 Å². The van der Waals surface area contributed by atoms with Crippen LogP contribution in [-0.4, -0.2) is 87.3 Å². The van der Waals surface area contributed by atoms with E-state index >= 15 is 0 Å². The van der Waals surface area contributed by atoms with Crippen LogP contribution in [0.2, 0.25) is 0 Å². The number of ketones is 1. The Morgan fingerprint density at radius 3 is 2.10 bits per heavy atom. The Morgan fingerprint density at radius 1 is 0.846 bits per heavy atom. The molecule has 0 spiro atoms. The zero-order chi connectivity index (χ0) is 28.7. The predicted octanol–water partition coefficient (Wildman–Crippen LogP) is 1.26. The van der Waals surface area contributed by atoms with Crippen molar-refractivity contribution in [3.63, 3.8) is 0 Å². The van der Waals surface area contributed by atoms with Crippen LogP contribution in [0.15, 0.2) is 48.2 Å².